The predicted octanol–water partition coefficient (Wildman–Crippen LogP) is 3.07. The molecule has 3 N–H and O–H groups in total. The topological polar surface area (TPSA) is 65.9 Å². The molecule has 0 aliphatic heterocycles. The normalized spacial score (nSPS) is 10.8. The molecule has 2 aromatic rings. The fourth-order valence-electron chi connectivity index (χ4n) is 2.21. The Bertz CT molecular complexity index is 684. The standard InChI is InChI=1S/C19H24FN3O2.HI/c1-2-21-19(22-10-11-25-17-6-4-3-5-7-17)23-13-15-8-9-18(20)16(12-15)14-24;/h3-9,12,24H,2,10-11,13-14H2,1H3,(H2,21,22,23);1H. The first-order valence-electron chi connectivity index (χ1n) is 8.31. The summed E-state index contributed by atoms with van der Waals surface area (Å²) in [7, 11) is 0. The number of hydrogen-bond donors (Lipinski definition) is 3. The third-order valence-corrected chi connectivity index (χ3v) is 3.45. The maximum absolute atomic E-state index is 13.4. The number of aliphatic hydroxyl groups is 1. The highest BCUT2D eigenvalue weighted by molar-refractivity contribution is 14.0. The van der Waals surface area contributed by atoms with Crippen molar-refractivity contribution in [3.63, 3.8) is 0 Å². The van der Waals surface area contributed by atoms with Crippen molar-refractivity contribution in [1.29, 1.82) is 0 Å². The molecular weight excluding hydrogens is 448 g/mol. The lowest BCUT2D eigenvalue weighted by molar-refractivity contribution is 0.275. The largest absolute Gasteiger partial charge is 0.492 e. The van der Waals surface area contributed by atoms with Crippen molar-refractivity contribution in [3.8, 4) is 5.75 Å². The molecule has 0 aliphatic carbocycles. The zero-order valence-electron chi connectivity index (χ0n) is 14.7. The van der Waals surface area contributed by atoms with Crippen molar-refractivity contribution in [3.05, 3.63) is 65.5 Å². The van der Waals surface area contributed by atoms with Gasteiger partial charge in [-0.3, -0.25) is 0 Å². The number of halogens is 2. The number of rotatable bonds is 8. The molecule has 0 radical (unpaired) electrons. The van der Waals surface area contributed by atoms with Crippen LogP contribution in [0.1, 0.15) is 18.1 Å². The van der Waals surface area contributed by atoms with Gasteiger partial charge in [-0.05, 0) is 36.8 Å². The van der Waals surface area contributed by atoms with Gasteiger partial charge in [0.1, 0.15) is 18.2 Å². The molecule has 0 saturated carbocycles. The molecule has 0 atom stereocenters. The Morgan fingerprint density at radius 3 is 2.62 bits per heavy atom. The Balaban J connectivity index is 0.00000338. The van der Waals surface area contributed by atoms with Gasteiger partial charge in [-0.2, -0.15) is 0 Å². The van der Waals surface area contributed by atoms with E-state index in [4.69, 9.17) is 9.84 Å². The van der Waals surface area contributed by atoms with E-state index in [1.54, 1.807) is 12.1 Å². The number of hydrogen-bond acceptors (Lipinski definition) is 3. The number of nitrogens with zero attached hydrogens (tertiary/aromatic N) is 1. The van der Waals surface area contributed by atoms with Gasteiger partial charge in [0, 0.05) is 12.1 Å². The Morgan fingerprint density at radius 1 is 1.15 bits per heavy atom. The molecule has 2 rings (SSSR count). The Labute approximate surface area is 170 Å². The van der Waals surface area contributed by atoms with Gasteiger partial charge in [0.2, 0.25) is 0 Å². The minimum atomic E-state index is -0.404. The fourth-order valence-corrected chi connectivity index (χ4v) is 2.21. The average Bonchev–Trinajstić information content (AvgIpc) is 2.65. The molecule has 0 fully saturated rings. The summed E-state index contributed by atoms with van der Waals surface area (Å²) < 4.78 is 19.0. The van der Waals surface area contributed by atoms with E-state index >= 15 is 0 Å². The molecule has 0 bridgehead atoms. The van der Waals surface area contributed by atoms with Crippen LogP contribution in [-0.2, 0) is 13.2 Å². The second-order valence-electron chi connectivity index (χ2n) is 5.37. The number of aliphatic imine (C=N–C) groups is 1. The molecule has 0 aromatic heterocycles. The van der Waals surface area contributed by atoms with Crippen molar-refractivity contribution in [1.82, 2.24) is 10.6 Å². The van der Waals surface area contributed by atoms with E-state index < -0.39 is 5.82 Å². The average molecular weight is 473 g/mol. The third kappa shape index (κ3) is 7.57. The van der Waals surface area contributed by atoms with Crippen molar-refractivity contribution in [2.24, 2.45) is 4.99 Å². The molecule has 0 unspecified atom stereocenters. The molecule has 0 heterocycles. The molecule has 7 heteroatoms. The molecule has 5 nitrogen and oxygen atoms in total. The number of guanidine groups is 1. The van der Waals surface area contributed by atoms with Gasteiger partial charge in [-0.1, -0.05) is 24.3 Å². The first-order chi connectivity index (χ1) is 12.2. The molecule has 0 amide bonds. The number of nitrogens with one attached hydrogen (secondary N) is 2. The summed E-state index contributed by atoms with van der Waals surface area (Å²) in [4.78, 5) is 4.47. The first kappa shape index (κ1) is 22.2. The summed E-state index contributed by atoms with van der Waals surface area (Å²) >= 11 is 0. The van der Waals surface area contributed by atoms with E-state index in [9.17, 15) is 4.39 Å². The van der Waals surface area contributed by atoms with E-state index in [-0.39, 0.29) is 36.1 Å². The molecule has 26 heavy (non-hydrogen) atoms. The highest BCUT2D eigenvalue weighted by Crippen LogP contribution is 2.11. The highest BCUT2D eigenvalue weighted by atomic mass is 127. The van der Waals surface area contributed by atoms with Crippen molar-refractivity contribution in [2.45, 2.75) is 20.1 Å². The monoisotopic (exact) mass is 473 g/mol. The molecule has 2 aromatic carbocycles. The lowest BCUT2D eigenvalue weighted by Crippen LogP contribution is -2.39. The van der Waals surface area contributed by atoms with E-state index in [2.05, 4.69) is 15.6 Å². The van der Waals surface area contributed by atoms with Gasteiger partial charge in [0.05, 0.1) is 19.7 Å². The number of ether oxygens (including phenoxy) is 1. The van der Waals surface area contributed by atoms with Crippen LogP contribution in [-0.4, -0.2) is 30.8 Å². The number of benzene rings is 2. The van der Waals surface area contributed by atoms with Gasteiger partial charge < -0.3 is 20.5 Å². The van der Waals surface area contributed by atoms with E-state index in [0.717, 1.165) is 17.9 Å². The predicted molar refractivity (Wildman–Crippen MR) is 112 cm³/mol. The quantitative estimate of drug-likeness (QED) is 0.239. The van der Waals surface area contributed by atoms with Gasteiger partial charge >= 0.3 is 0 Å². The third-order valence-electron chi connectivity index (χ3n) is 3.45. The lowest BCUT2D eigenvalue weighted by atomic mass is 10.1. The summed E-state index contributed by atoms with van der Waals surface area (Å²) in [6.07, 6.45) is 0. The first-order valence-corrected chi connectivity index (χ1v) is 8.31. The van der Waals surface area contributed by atoms with E-state index in [1.807, 2.05) is 37.3 Å². The second-order valence-corrected chi connectivity index (χ2v) is 5.37. The summed E-state index contributed by atoms with van der Waals surface area (Å²) in [5, 5.41) is 15.5. The van der Waals surface area contributed by atoms with Crippen molar-refractivity contribution < 1.29 is 14.2 Å². The highest BCUT2D eigenvalue weighted by Gasteiger charge is 2.03. The van der Waals surface area contributed by atoms with Crippen LogP contribution >= 0.6 is 24.0 Å². The number of para-hydroxylation sites is 1. The maximum Gasteiger partial charge on any atom is 0.191 e. The van der Waals surface area contributed by atoms with Crippen LogP contribution < -0.4 is 15.4 Å². The van der Waals surface area contributed by atoms with Gasteiger partial charge in [0.15, 0.2) is 5.96 Å². The molecule has 142 valence electrons. The minimum Gasteiger partial charge on any atom is -0.492 e. The van der Waals surface area contributed by atoms with Gasteiger partial charge in [0.25, 0.3) is 0 Å². The van der Waals surface area contributed by atoms with E-state index in [1.165, 1.54) is 6.07 Å². The van der Waals surface area contributed by atoms with Gasteiger partial charge in [-0.25, -0.2) is 9.38 Å². The molecule has 0 aliphatic rings. The van der Waals surface area contributed by atoms with Crippen LogP contribution in [0.5, 0.6) is 5.75 Å². The fraction of sp³-hybridized carbons (Fsp3) is 0.316. The summed E-state index contributed by atoms with van der Waals surface area (Å²) in [5.74, 6) is 1.08. The minimum absolute atomic E-state index is 0. The lowest BCUT2D eigenvalue weighted by Gasteiger charge is -2.12. The van der Waals surface area contributed by atoms with Crippen LogP contribution in [0.15, 0.2) is 53.5 Å². The SMILES string of the molecule is CCNC(=NCc1ccc(F)c(CO)c1)NCCOc1ccccc1.I. The van der Waals surface area contributed by atoms with Crippen LogP contribution in [0.3, 0.4) is 0 Å². The number of aliphatic hydroxyl groups excluding tert-OH is 1. The van der Waals surface area contributed by atoms with Crippen LogP contribution in [0.2, 0.25) is 0 Å². The van der Waals surface area contributed by atoms with Crippen molar-refractivity contribution >= 4 is 29.9 Å². The molecule has 0 saturated heterocycles. The van der Waals surface area contributed by atoms with Gasteiger partial charge in [-0.15, -0.1) is 24.0 Å². The smallest absolute Gasteiger partial charge is 0.191 e. The Hall–Kier alpha value is -1.87. The van der Waals surface area contributed by atoms with Crippen LogP contribution in [0.25, 0.3) is 0 Å². The Morgan fingerprint density at radius 2 is 1.92 bits per heavy atom. The molecule has 0 spiro atoms. The molecular formula is C19H25FIN3O2. The summed E-state index contributed by atoms with van der Waals surface area (Å²) in [6, 6.07) is 14.3. The zero-order valence-corrected chi connectivity index (χ0v) is 17.1. The zero-order chi connectivity index (χ0) is 17.9. The summed E-state index contributed by atoms with van der Waals surface area (Å²) in [5.41, 5.74) is 1.12. The van der Waals surface area contributed by atoms with Crippen LogP contribution in [0.4, 0.5) is 4.39 Å². The summed E-state index contributed by atoms with van der Waals surface area (Å²) in [6.45, 7) is 3.91. The second kappa shape index (κ2) is 12.5. The Kier molecular flexibility index (Phi) is 10.6. The maximum atomic E-state index is 13.4. The van der Waals surface area contributed by atoms with Crippen molar-refractivity contribution in [2.75, 3.05) is 19.7 Å². The van der Waals surface area contributed by atoms with E-state index in [0.29, 0.717) is 25.7 Å². The van der Waals surface area contributed by atoms with Crippen LogP contribution in [0, 0.1) is 5.82 Å².